The van der Waals surface area contributed by atoms with E-state index in [-0.39, 0.29) is 21.6 Å². The third-order valence-corrected chi connectivity index (χ3v) is 5.47. The summed E-state index contributed by atoms with van der Waals surface area (Å²) in [5.41, 5.74) is 0.843. The van der Waals surface area contributed by atoms with Crippen molar-refractivity contribution in [3.8, 4) is 17.0 Å². The number of hydrogen-bond acceptors (Lipinski definition) is 7. The zero-order chi connectivity index (χ0) is 21.1. The minimum absolute atomic E-state index is 0.00442. The molecule has 3 aromatic rings. The van der Waals surface area contributed by atoms with Gasteiger partial charge in [-0.2, -0.15) is 8.78 Å². The van der Waals surface area contributed by atoms with Crippen molar-refractivity contribution >= 4 is 39.9 Å². The van der Waals surface area contributed by atoms with Crippen LogP contribution in [-0.4, -0.2) is 40.6 Å². The SMILES string of the molecule is O=C(Nc1nc(-c2ccccc2OC(F)F)cs1)c1nc(N2CCCC2)ncc1Cl. The van der Waals surface area contributed by atoms with Gasteiger partial charge in [0.15, 0.2) is 10.8 Å². The van der Waals surface area contributed by atoms with Gasteiger partial charge in [0.05, 0.1) is 16.9 Å². The Morgan fingerprint density at radius 2 is 2.00 bits per heavy atom. The van der Waals surface area contributed by atoms with Crippen molar-refractivity contribution in [1.82, 2.24) is 15.0 Å². The average molecular weight is 452 g/mol. The molecular weight excluding hydrogens is 436 g/mol. The lowest BCUT2D eigenvalue weighted by molar-refractivity contribution is -0.0494. The van der Waals surface area contributed by atoms with Crippen molar-refractivity contribution < 1.29 is 18.3 Å². The maximum Gasteiger partial charge on any atom is 0.387 e. The van der Waals surface area contributed by atoms with Gasteiger partial charge in [-0.15, -0.1) is 11.3 Å². The summed E-state index contributed by atoms with van der Waals surface area (Å²) in [6.45, 7) is -1.29. The number of aromatic nitrogens is 3. The minimum Gasteiger partial charge on any atom is -0.434 e. The zero-order valence-corrected chi connectivity index (χ0v) is 17.1. The van der Waals surface area contributed by atoms with E-state index in [2.05, 4.69) is 25.0 Å². The van der Waals surface area contributed by atoms with Crippen LogP contribution >= 0.6 is 22.9 Å². The Morgan fingerprint density at radius 1 is 1.23 bits per heavy atom. The molecule has 0 unspecified atom stereocenters. The predicted octanol–water partition coefficient (Wildman–Crippen LogP) is 4.71. The summed E-state index contributed by atoms with van der Waals surface area (Å²) < 4.78 is 29.8. The molecule has 3 heterocycles. The van der Waals surface area contributed by atoms with E-state index in [0.29, 0.717) is 17.2 Å². The highest BCUT2D eigenvalue weighted by Crippen LogP contribution is 2.33. The van der Waals surface area contributed by atoms with Crippen LogP contribution in [0.3, 0.4) is 0 Å². The van der Waals surface area contributed by atoms with E-state index in [1.165, 1.54) is 12.3 Å². The molecule has 2 aromatic heterocycles. The Balaban J connectivity index is 1.53. The minimum atomic E-state index is -2.95. The Bertz CT molecular complexity index is 1060. The van der Waals surface area contributed by atoms with E-state index >= 15 is 0 Å². The number of rotatable bonds is 6. The van der Waals surface area contributed by atoms with E-state index < -0.39 is 12.5 Å². The third-order valence-electron chi connectivity index (χ3n) is 4.44. The van der Waals surface area contributed by atoms with Gasteiger partial charge in [-0.3, -0.25) is 10.1 Å². The van der Waals surface area contributed by atoms with E-state index in [9.17, 15) is 13.6 Å². The van der Waals surface area contributed by atoms with Crippen LogP contribution in [0, 0.1) is 0 Å². The van der Waals surface area contributed by atoms with E-state index in [0.717, 1.165) is 37.3 Å². The zero-order valence-electron chi connectivity index (χ0n) is 15.5. The maximum atomic E-state index is 12.7. The third kappa shape index (κ3) is 4.49. The lowest BCUT2D eigenvalue weighted by Gasteiger charge is -2.15. The summed E-state index contributed by atoms with van der Waals surface area (Å²) in [4.78, 5) is 27.5. The van der Waals surface area contributed by atoms with Crippen LogP contribution < -0.4 is 15.0 Å². The molecular formula is C19H16ClF2N5O2S. The molecule has 0 bridgehead atoms. The lowest BCUT2D eigenvalue weighted by atomic mass is 10.1. The molecule has 0 spiro atoms. The van der Waals surface area contributed by atoms with Gasteiger partial charge in [0.1, 0.15) is 5.75 Å². The summed E-state index contributed by atoms with van der Waals surface area (Å²) in [6.07, 6.45) is 3.50. The number of ether oxygens (including phenoxy) is 1. The number of carbonyl (C=O) groups excluding carboxylic acids is 1. The predicted molar refractivity (Wildman–Crippen MR) is 111 cm³/mol. The lowest BCUT2D eigenvalue weighted by Crippen LogP contribution is -2.23. The first-order chi connectivity index (χ1) is 14.5. The van der Waals surface area contributed by atoms with Crippen molar-refractivity contribution in [3.05, 3.63) is 46.6 Å². The highest BCUT2D eigenvalue weighted by atomic mass is 35.5. The van der Waals surface area contributed by atoms with Crippen LogP contribution in [0.4, 0.5) is 19.9 Å². The topological polar surface area (TPSA) is 80.2 Å². The Hall–Kier alpha value is -2.85. The highest BCUT2D eigenvalue weighted by Gasteiger charge is 2.21. The Kier molecular flexibility index (Phi) is 6.05. The first-order valence-corrected chi connectivity index (χ1v) is 10.4. The largest absolute Gasteiger partial charge is 0.434 e. The summed E-state index contributed by atoms with van der Waals surface area (Å²) >= 11 is 7.27. The second kappa shape index (κ2) is 8.88. The molecule has 0 radical (unpaired) electrons. The molecule has 1 fully saturated rings. The van der Waals surface area contributed by atoms with Crippen LogP contribution in [0.25, 0.3) is 11.3 Å². The molecule has 7 nitrogen and oxygen atoms in total. The smallest absolute Gasteiger partial charge is 0.387 e. The fourth-order valence-corrected chi connectivity index (χ4v) is 3.96. The number of nitrogens with zero attached hydrogens (tertiary/aromatic N) is 4. The molecule has 0 saturated carbocycles. The molecule has 1 aromatic carbocycles. The van der Waals surface area contributed by atoms with Crippen LogP contribution in [0.5, 0.6) is 5.75 Å². The highest BCUT2D eigenvalue weighted by molar-refractivity contribution is 7.14. The molecule has 30 heavy (non-hydrogen) atoms. The fourth-order valence-electron chi connectivity index (χ4n) is 3.07. The molecule has 1 N–H and O–H groups in total. The Labute approximate surface area is 179 Å². The van der Waals surface area contributed by atoms with Crippen molar-refractivity contribution in [2.45, 2.75) is 19.5 Å². The summed E-state index contributed by atoms with van der Waals surface area (Å²) in [5.74, 6) is -0.0643. The van der Waals surface area contributed by atoms with Gasteiger partial charge in [0, 0.05) is 24.0 Å². The number of nitrogens with one attached hydrogen (secondary N) is 1. The van der Waals surface area contributed by atoms with Gasteiger partial charge in [-0.05, 0) is 25.0 Å². The molecule has 11 heteroatoms. The first-order valence-electron chi connectivity index (χ1n) is 9.10. The van der Waals surface area contributed by atoms with Crippen molar-refractivity contribution in [2.24, 2.45) is 0 Å². The first kappa shape index (κ1) is 20.4. The van der Waals surface area contributed by atoms with Gasteiger partial charge in [0.25, 0.3) is 5.91 Å². The van der Waals surface area contributed by atoms with Crippen LogP contribution in [0.2, 0.25) is 5.02 Å². The normalized spacial score (nSPS) is 13.7. The number of thiazole rings is 1. The number of para-hydroxylation sites is 1. The number of hydrogen-bond donors (Lipinski definition) is 1. The molecule has 4 rings (SSSR count). The Morgan fingerprint density at radius 3 is 2.77 bits per heavy atom. The van der Waals surface area contributed by atoms with E-state index in [4.69, 9.17) is 11.6 Å². The molecule has 0 aliphatic carbocycles. The summed E-state index contributed by atoms with van der Waals surface area (Å²) in [5, 5.41) is 4.70. The van der Waals surface area contributed by atoms with Gasteiger partial charge in [-0.1, -0.05) is 23.7 Å². The van der Waals surface area contributed by atoms with Crippen molar-refractivity contribution in [2.75, 3.05) is 23.3 Å². The van der Waals surface area contributed by atoms with Gasteiger partial charge >= 0.3 is 6.61 Å². The van der Waals surface area contributed by atoms with Crippen LogP contribution in [0.15, 0.2) is 35.8 Å². The summed E-state index contributed by atoms with van der Waals surface area (Å²) in [7, 11) is 0. The second-order valence-electron chi connectivity index (χ2n) is 6.43. The monoisotopic (exact) mass is 451 g/mol. The molecule has 1 aliphatic heterocycles. The van der Waals surface area contributed by atoms with Gasteiger partial charge < -0.3 is 9.64 Å². The van der Waals surface area contributed by atoms with Gasteiger partial charge in [0.2, 0.25) is 5.95 Å². The van der Waals surface area contributed by atoms with Crippen molar-refractivity contribution in [3.63, 3.8) is 0 Å². The van der Waals surface area contributed by atoms with Crippen LogP contribution in [-0.2, 0) is 0 Å². The molecule has 156 valence electrons. The fraction of sp³-hybridized carbons (Fsp3) is 0.263. The maximum absolute atomic E-state index is 12.7. The van der Waals surface area contributed by atoms with E-state index in [1.54, 1.807) is 23.6 Å². The number of benzene rings is 1. The average Bonchev–Trinajstić information content (AvgIpc) is 3.40. The number of anilines is 2. The number of alkyl halides is 2. The van der Waals surface area contributed by atoms with E-state index in [1.807, 2.05) is 4.90 Å². The molecule has 1 amide bonds. The number of carbonyl (C=O) groups is 1. The quantitative estimate of drug-likeness (QED) is 0.584. The standard InChI is InChI=1S/C19H16ClF2N5O2S/c20-12-9-23-18(27-7-3-4-8-27)25-15(12)16(28)26-19-24-13(10-30-19)11-5-1-2-6-14(11)29-17(21)22/h1-2,5-6,9-10,17H,3-4,7-8H2,(H,24,26,28). The molecule has 1 aliphatic rings. The van der Waals surface area contributed by atoms with Crippen LogP contribution in [0.1, 0.15) is 23.3 Å². The molecule has 0 atom stereocenters. The second-order valence-corrected chi connectivity index (χ2v) is 7.69. The number of amides is 1. The van der Waals surface area contributed by atoms with Crippen molar-refractivity contribution in [1.29, 1.82) is 0 Å². The number of halogens is 3. The summed E-state index contributed by atoms with van der Waals surface area (Å²) in [6, 6.07) is 6.32. The molecule has 1 saturated heterocycles. The van der Waals surface area contributed by atoms with Gasteiger partial charge in [-0.25, -0.2) is 15.0 Å².